The lowest BCUT2D eigenvalue weighted by Gasteiger charge is -2.23. The van der Waals surface area contributed by atoms with E-state index in [4.69, 9.17) is 22.9 Å². The number of carboxylic acid groups (broad SMARTS) is 1. The molecule has 0 aromatic rings. The zero-order chi connectivity index (χ0) is 24.0. The number of carbonyl (C=O) groups excluding carboxylic acids is 4. The first kappa shape index (κ1) is 27.5. The number of carbonyl (C=O) groups is 5. The first-order chi connectivity index (χ1) is 14.5. The fourth-order valence-corrected chi connectivity index (χ4v) is 2.31. The van der Waals surface area contributed by atoms with Crippen LogP contribution < -0.4 is 38.9 Å². The molecule has 31 heavy (non-hydrogen) atoms. The van der Waals surface area contributed by atoms with Gasteiger partial charge in [-0.2, -0.15) is 0 Å². The summed E-state index contributed by atoms with van der Waals surface area (Å²) in [6.45, 7) is -1.07. The summed E-state index contributed by atoms with van der Waals surface area (Å²) in [4.78, 5) is 62.3. The molecule has 0 spiro atoms. The van der Waals surface area contributed by atoms with Crippen molar-refractivity contribution in [1.82, 2.24) is 16.0 Å². The number of amides is 4. The molecule has 0 saturated heterocycles. The Morgan fingerprint density at radius 2 is 1.45 bits per heavy atom. The molecule has 0 aliphatic rings. The van der Waals surface area contributed by atoms with Gasteiger partial charge in [-0.1, -0.05) is 0 Å². The first-order valence-electron chi connectivity index (χ1n) is 9.29. The molecule has 15 heteroatoms. The zero-order valence-corrected chi connectivity index (χ0v) is 16.9. The molecule has 15 nitrogen and oxygen atoms in total. The lowest BCUT2D eigenvalue weighted by atomic mass is 10.1. The van der Waals surface area contributed by atoms with E-state index in [0.717, 1.165) is 0 Å². The Hall–Kier alpha value is -3.46. The van der Waals surface area contributed by atoms with Crippen LogP contribution in [0.4, 0.5) is 0 Å². The van der Waals surface area contributed by atoms with Crippen LogP contribution in [0, 0.1) is 0 Å². The summed E-state index contributed by atoms with van der Waals surface area (Å²) >= 11 is 0. The Morgan fingerprint density at radius 3 is 1.94 bits per heavy atom. The number of aliphatic hydroxyl groups excluding tert-OH is 1. The Labute approximate surface area is 178 Å². The van der Waals surface area contributed by atoms with E-state index in [-0.39, 0.29) is 38.2 Å². The Morgan fingerprint density at radius 1 is 0.871 bits per heavy atom. The second-order valence-corrected chi connectivity index (χ2v) is 6.42. The van der Waals surface area contributed by atoms with Crippen molar-refractivity contribution in [1.29, 1.82) is 0 Å². The molecule has 0 aliphatic heterocycles. The number of nitrogens with zero attached hydrogens (tertiary/aromatic N) is 1. The first-order valence-corrected chi connectivity index (χ1v) is 9.29. The quantitative estimate of drug-likeness (QED) is 0.0654. The molecule has 0 fully saturated rings. The van der Waals surface area contributed by atoms with E-state index in [2.05, 4.69) is 20.9 Å². The topological polar surface area (TPSA) is 278 Å². The van der Waals surface area contributed by atoms with Crippen molar-refractivity contribution in [3.8, 4) is 0 Å². The van der Waals surface area contributed by atoms with Gasteiger partial charge in [-0.05, 0) is 19.3 Å². The third-order valence-electron chi connectivity index (χ3n) is 3.89. The van der Waals surface area contributed by atoms with E-state index in [1.165, 1.54) is 0 Å². The maximum Gasteiger partial charge on any atom is 0.326 e. The predicted molar refractivity (Wildman–Crippen MR) is 108 cm³/mol. The van der Waals surface area contributed by atoms with Gasteiger partial charge in [0.2, 0.25) is 23.6 Å². The van der Waals surface area contributed by atoms with Gasteiger partial charge in [0.15, 0.2) is 5.96 Å². The number of aliphatic imine (C=N–C) groups is 1. The number of nitrogens with two attached hydrogens (primary N) is 4. The number of hydrogen-bond donors (Lipinski definition) is 9. The molecule has 0 aliphatic carbocycles. The Kier molecular flexibility index (Phi) is 12.9. The van der Waals surface area contributed by atoms with Crippen LogP contribution in [0.1, 0.15) is 25.7 Å². The maximum absolute atomic E-state index is 12.6. The number of carboxylic acids is 1. The van der Waals surface area contributed by atoms with Crippen LogP contribution in [-0.2, 0) is 24.0 Å². The van der Waals surface area contributed by atoms with Crippen molar-refractivity contribution in [3.63, 3.8) is 0 Å². The SMILES string of the molecule is NCC(=O)NC(CO)C(=O)NC(CCCN=C(N)N)C(=O)NC(CCC(N)=O)C(=O)O. The van der Waals surface area contributed by atoms with Gasteiger partial charge in [0.1, 0.15) is 18.1 Å². The second-order valence-electron chi connectivity index (χ2n) is 6.42. The lowest BCUT2D eigenvalue weighted by Crippen LogP contribution is -2.57. The smallest absolute Gasteiger partial charge is 0.326 e. The molecule has 3 atom stereocenters. The van der Waals surface area contributed by atoms with Crippen LogP contribution in [0.3, 0.4) is 0 Å². The standard InChI is InChI=1S/C16H30N8O7/c17-6-12(27)22-10(7-25)14(29)23-8(2-1-5-21-16(19)20)13(28)24-9(15(30)31)3-4-11(18)26/h8-10,25H,1-7,17H2,(H2,18,26)(H,22,27)(H,23,29)(H,24,28)(H,30,31)(H4,19,20,21). The highest BCUT2D eigenvalue weighted by atomic mass is 16.4. The van der Waals surface area contributed by atoms with Crippen molar-refractivity contribution in [2.75, 3.05) is 19.7 Å². The average molecular weight is 446 g/mol. The van der Waals surface area contributed by atoms with Crippen molar-refractivity contribution >= 4 is 35.6 Å². The Bertz CT molecular complexity index is 681. The molecule has 0 saturated carbocycles. The molecular weight excluding hydrogens is 416 g/mol. The predicted octanol–water partition coefficient (Wildman–Crippen LogP) is -5.20. The van der Waals surface area contributed by atoms with Crippen LogP contribution in [0.5, 0.6) is 0 Å². The largest absolute Gasteiger partial charge is 0.480 e. The average Bonchev–Trinajstić information content (AvgIpc) is 2.70. The monoisotopic (exact) mass is 446 g/mol. The summed E-state index contributed by atoms with van der Waals surface area (Å²) in [5.41, 5.74) is 20.6. The zero-order valence-electron chi connectivity index (χ0n) is 16.9. The second kappa shape index (κ2) is 14.5. The molecule has 13 N–H and O–H groups in total. The van der Waals surface area contributed by atoms with Crippen LogP contribution >= 0.6 is 0 Å². The van der Waals surface area contributed by atoms with Crippen molar-refractivity contribution < 1.29 is 34.2 Å². The van der Waals surface area contributed by atoms with Gasteiger partial charge < -0.3 is 49.1 Å². The number of nitrogens with one attached hydrogen (secondary N) is 3. The number of rotatable bonds is 15. The summed E-state index contributed by atoms with van der Waals surface area (Å²) < 4.78 is 0. The van der Waals surface area contributed by atoms with Gasteiger partial charge in [-0.3, -0.25) is 24.2 Å². The third kappa shape index (κ3) is 12.0. The summed E-state index contributed by atoms with van der Waals surface area (Å²) in [6, 6.07) is -4.06. The van der Waals surface area contributed by atoms with Gasteiger partial charge in [-0.25, -0.2) is 4.79 Å². The molecule has 4 amide bonds. The lowest BCUT2D eigenvalue weighted by molar-refractivity contribution is -0.142. The summed E-state index contributed by atoms with van der Waals surface area (Å²) in [5.74, 6) is -4.78. The van der Waals surface area contributed by atoms with Crippen LogP contribution in [-0.4, -0.2) is 83.6 Å². The van der Waals surface area contributed by atoms with E-state index in [1.54, 1.807) is 0 Å². The van der Waals surface area contributed by atoms with Crippen LogP contribution in [0.15, 0.2) is 4.99 Å². The normalized spacial score (nSPS) is 13.2. The minimum atomic E-state index is -1.43. The number of primary amides is 1. The van der Waals surface area contributed by atoms with E-state index < -0.39 is 60.9 Å². The van der Waals surface area contributed by atoms with Crippen molar-refractivity contribution in [2.24, 2.45) is 27.9 Å². The van der Waals surface area contributed by atoms with Crippen molar-refractivity contribution in [3.05, 3.63) is 0 Å². The maximum atomic E-state index is 12.6. The van der Waals surface area contributed by atoms with Gasteiger partial charge in [0.05, 0.1) is 13.2 Å². The molecule has 176 valence electrons. The van der Waals surface area contributed by atoms with Gasteiger partial charge in [0, 0.05) is 13.0 Å². The summed E-state index contributed by atoms with van der Waals surface area (Å²) in [6.07, 6.45) is -0.304. The molecule has 0 aromatic heterocycles. The van der Waals surface area contributed by atoms with E-state index in [9.17, 15) is 34.2 Å². The van der Waals surface area contributed by atoms with Gasteiger partial charge in [0.25, 0.3) is 0 Å². The van der Waals surface area contributed by atoms with Crippen molar-refractivity contribution in [2.45, 2.75) is 43.8 Å². The fourth-order valence-electron chi connectivity index (χ4n) is 2.31. The molecule has 0 radical (unpaired) electrons. The van der Waals surface area contributed by atoms with Crippen LogP contribution in [0.25, 0.3) is 0 Å². The van der Waals surface area contributed by atoms with Gasteiger partial charge in [-0.15, -0.1) is 0 Å². The van der Waals surface area contributed by atoms with Crippen LogP contribution in [0.2, 0.25) is 0 Å². The third-order valence-corrected chi connectivity index (χ3v) is 3.89. The molecule has 3 unspecified atom stereocenters. The highest BCUT2D eigenvalue weighted by molar-refractivity contribution is 5.93. The summed E-state index contributed by atoms with van der Waals surface area (Å²) in [5, 5.41) is 25.3. The summed E-state index contributed by atoms with van der Waals surface area (Å²) in [7, 11) is 0. The molecular formula is C16H30N8O7. The van der Waals surface area contributed by atoms with E-state index >= 15 is 0 Å². The molecule has 0 bridgehead atoms. The number of hydrogen-bond acceptors (Lipinski definition) is 8. The number of guanidine groups is 1. The van der Waals surface area contributed by atoms with E-state index in [0.29, 0.717) is 0 Å². The van der Waals surface area contributed by atoms with E-state index in [1.807, 2.05) is 0 Å². The Balaban J connectivity index is 5.31. The highest BCUT2D eigenvalue weighted by Gasteiger charge is 2.29. The molecule has 0 rings (SSSR count). The minimum absolute atomic E-state index is 0.000500. The molecule has 0 aromatic carbocycles. The fraction of sp³-hybridized carbons (Fsp3) is 0.625. The highest BCUT2D eigenvalue weighted by Crippen LogP contribution is 2.04. The number of aliphatic hydroxyl groups is 1. The molecule has 0 heterocycles. The van der Waals surface area contributed by atoms with Gasteiger partial charge >= 0.3 is 5.97 Å². The minimum Gasteiger partial charge on any atom is -0.480 e. The number of aliphatic carboxylic acids is 1.